The van der Waals surface area contributed by atoms with Crippen LogP contribution in [-0.4, -0.2) is 34.7 Å². The van der Waals surface area contributed by atoms with E-state index >= 15 is 0 Å². The Morgan fingerprint density at radius 2 is 1.72 bits per heavy atom. The average Bonchev–Trinajstić information content (AvgIpc) is 2.91. The highest BCUT2D eigenvalue weighted by atomic mass is 32.1. The van der Waals surface area contributed by atoms with Crippen LogP contribution in [0.25, 0.3) is 0 Å². The largest absolute Gasteiger partial charge is 0.478 e. The number of hydrogen-bond donors (Lipinski definition) is 1. The summed E-state index contributed by atoms with van der Waals surface area (Å²) in [4.78, 5) is 38.9. The highest BCUT2D eigenvalue weighted by Crippen LogP contribution is 2.22. The fourth-order valence-electron chi connectivity index (χ4n) is 2.57. The third kappa shape index (κ3) is 5.00. The van der Waals surface area contributed by atoms with Gasteiger partial charge in [-0.1, -0.05) is 12.1 Å². The van der Waals surface area contributed by atoms with Gasteiger partial charge in [-0.2, -0.15) is 0 Å². The standard InChI is InChI=1S/C19H21NO4S/c1-12-10-16(13(2)25-12)17(21)8-9-18(22)20(3)11-14-4-6-15(7-5-14)19(23)24/h4-7,10H,8-9,11H2,1-3H3,(H,23,24). The summed E-state index contributed by atoms with van der Waals surface area (Å²) in [5, 5.41) is 8.89. The molecule has 2 rings (SSSR count). The lowest BCUT2D eigenvalue weighted by atomic mass is 10.1. The Kier molecular flexibility index (Phi) is 6.09. The highest BCUT2D eigenvalue weighted by Gasteiger charge is 2.16. The van der Waals surface area contributed by atoms with Gasteiger partial charge in [0.1, 0.15) is 0 Å². The fourth-order valence-corrected chi connectivity index (χ4v) is 3.51. The Labute approximate surface area is 150 Å². The second-order valence-corrected chi connectivity index (χ2v) is 7.46. The van der Waals surface area contributed by atoms with Crippen LogP contribution in [0, 0.1) is 13.8 Å². The molecule has 2 aromatic rings. The van der Waals surface area contributed by atoms with Gasteiger partial charge in [0.25, 0.3) is 0 Å². The molecule has 0 saturated heterocycles. The lowest BCUT2D eigenvalue weighted by molar-refractivity contribution is -0.130. The predicted molar refractivity (Wildman–Crippen MR) is 97.2 cm³/mol. The van der Waals surface area contributed by atoms with Crippen LogP contribution in [0.3, 0.4) is 0 Å². The minimum absolute atomic E-state index is 0.00517. The molecule has 25 heavy (non-hydrogen) atoms. The quantitative estimate of drug-likeness (QED) is 0.765. The van der Waals surface area contributed by atoms with Gasteiger partial charge in [-0.15, -0.1) is 11.3 Å². The summed E-state index contributed by atoms with van der Waals surface area (Å²) in [6, 6.07) is 8.29. The molecule has 0 aliphatic rings. The van der Waals surface area contributed by atoms with Gasteiger partial charge in [0.05, 0.1) is 5.56 Å². The second-order valence-electron chi connectivity index (χ2n) is 6.00. The Morgan fingerprint density at radius 1 is 1.08 bits per heavy atom. The number of aryl methyl sites for hydroxylation is 2. The number of nitrogens with zero attached hydrogens (tertiary/aromatic N) is 1. The summed E-state index contributed by atoms with van der Waals surface area (Å²) in [5.41, 5.74) is 1.77. The van der Waals surface area contributed by atoms with Crippen LogP contribution in [-0.2, 0) is 11.3 Å². The summed E-state index contributed by atoms with van der Waals surface area (Å²) in [7, 11) is 1.68. The van der Waals surface area contributed by atoms with Gasteiger partial charge < -0.3 is 10.0 Å². The Hall–Kier alpha value is -2.47. The van der Waals surface area contributed by atoms with Gasteiger partial charge >= 0.3 is 5.97 Å². The van der Waals surface area contributed by atoms with Crippen molar-refractivity contribution in [3.8, 4) is 0 Å². The van der Waals surface area contributed by atoms with Crippen molar-refractivity contribution in [2.24, 2.45) is 0 Å². The van der Waals surface area contributed by atoms with Crippen LogP contribution >= 0.6 is 11.3 Å². The molecule has 1 aromatic carbocycles. The van der Waals surface area contributed by atoms with Crippen LogP contribution in [0.1, 0.15) is 48.9 Å². The molecule has 1 heterocycles. The number of hydrogen-bond acceptors (Lipinski definition) is 4. The minimum atomic E-state index is -0.978. The first-order chi connectivity index (χ1) is 11.8. The zero-order valence-corrected chi connectivity index (χ0v) is 15.4. The predicted octanol–water partition coefficient (Wildman–Crippen LogP) is 3.68. The number of carboxylic acids is 1. The maximum absolute atomic E-state index is 12.2. The van der Waals surface area contributed by atoms with E-state index in [4.69, 9.17) is 5.11 Å². The molecule has 0 aliphatic heterocycles. The monoisotopic (exact) mass is 359 g/mol. The third-order valence-electron chi connectivity index (χ3n) is 3.95. The molecule has 6 heteroatoms. The molecular weight excluding hydrogens is 338 g/mol. The van der Waals surface area contributed by atoms with Crippen molar-refractivity contribution in [1.29, 1.82) is 0 Å². The number of Topliss-reactive ketones (excluding diaryl/α,β-unsaturated/α-hetero) is 1. The molecule has 1 N–H and O–H groups in total. The number of ketones is 1. The number of rotatable bonds is 7. The Balaban J connectivity index is 1.88. The molecule has 1 amide bonds. The van der Waals surface area contributed by atoms with Crippen molar-refractivity contribution in [1.82, 2.24) is 4.90 Å². The van der Waals surface area contributed by atoms with Crippen molar-refractivity contribution in [2.75, 3.05) is 7.05 Å². The van der Waals surface area contributed by atoms with Gasteiger partial charge in [0.15, 0.2) is 5.78 Å². The summed E-state index contributed by atoms with van der Waals surface area (Å²) in [6.07, 6.45) is 0.356. The first-order valence-electron chi connectivity index (χ1n) is 7.94. The smallest absolute Gasteiger partial charge is 0.335 e. The van der Waals surface area contributed by atoms with Crippen LogP contribution in [0.4, 0.5) is 0 Å². The van der Waals surface area contributed by atoms with Crippen molar-refractivity contribution in [2.45, 2.75) is 33.2 Å². The average molecular weight is 359 g/mol. The van der Waals surface area contributed by atoms with Crippen molar-refractivity contribution >= 4 is 29.0 Å². The van der Waals surface area contributed by atoms with Gasteiger partial charge in [-0.3, -0.25) is 9.59 Å². The first-order valence-corrected chi connectivity index (χ1v) is 8.76. The molecule has 132 valence electrons. The van der Waals surface area contributed by atoms with Crippen LogP contribution in [0.5, 0.6) is 0 Å². The second kappa shape index (κ2) is 8.07. The molecule has 0 radical (unpaired) electrons. The molecule has 1 aromatic heterocycles. The normalized spacial score (nSPS) is 10.5. The van der Waals surface area contributed by atoms with Gasteiger partial charge in [-0.05, 0) is 37.6 Å². The van der Waals surface area contributed by atoms with E-state index in [-0.39, 0.29) is 30.1 Å². The minimum Gasteiger partial charge on any atom is -0.478 e. The zero-order valence-electron chi connectivity index (χ0n) is 14.5. The number of carbonyl (C=O) groups is 3. The lowest BCUT2D eigenvalue weighted by Crippen LogP contribution is -2.26. The highest BCUT2D eigenvalue weighted by molar-refractivity contribution is 7.12. The molecule has 0 fully saturated rings. The maximum atomic E-state index is 12.2. The summed E-state index contributed by atoms with van der Waals surface area (Å²) >= 11 is 1.59. The number of carboxylic acid groups (broad SMARTS) is 1. The van der Waals surface area contributed by atoms with E-state index in [1.165, 1.54) is 12.1 Å². The first kappa shape index (κ1) is 18.9. The van der Waals surface area contributed by atoms with Crippen LogP contribution in [0.15, 0.2) is 30.3 Å². The molecule has 0 bridgehead atoms. The molecule has 0 saturated carbocycles. The maximum Gasteiger partial charge on any atom is 0.335 e. The van der Waals surface area contributed by atoms with Crippen molar-refractivity contribution in [3.63, 3.8) is 0 Å². The number of benzene rings is 1. The lowest BCUT2D eigenvalue weighted by Gasteiger charge is -2.17. The van der Waals surface area contributed by atoms with E-state index in [1.54, 1.807) is 35.4 Å². The summed E-state index contributed by atoms with van der Waals surface area (Å²) in [6.45, 7) is 4.26. The van der Waals surface area contributed by atoms with E-state index in [0.29, 0.717) is 12.1 Å². The number of aromatic carboxylic acids is 1. The molecule has 0 atom stereocenters. The Bertz CT molecular complexity index is 792. The topological polar surface area (TPSA) is 74.7 Å². The van der Waals surface area contributed by atoms with Gasteiger partial charge in [0, 0.05) is 41.8 Å². The molecule has 0 spiro atoms. The van der Waals surface area contributed by atoms with Gasteiger partial charge in [-0.25, -0.2) is 4.79 Å². The molecule has 0 unspecified atom stereocenters. The molecule has 5 nitrogen and oxygen atoms in total. The van der Waals surface area contributed by atoms with Crippen LogP contribution in [0.2, 0.25) is 0 Å². The van der Waals surface area contributed by atoms with Crippen LogP contribution < -0.4 is 0 Å². The number of thiophene rings is 1. The SMILES string of the molecule is Cc1cc(C(=O)CCC(=O)N(C)Cc2ccc(C(=O)O)cc2)c(C)s1. The Morgan fingerprint density at radius 3 is 2.24 bits per heavy atom. The van der Waals surface area contributed by atoms with E-state index in [0.717, 1.165) is 15.3 Å². The summed E-state index contributed by atoms with van der Waals surface area (Å²) in [5.74, 6) is -1.09. The summed E-state index contributed by atoms with van der Waals surface area (Å²) < 4.78 is 0. The van der Waals surface area contributed by atoms with Crippen molar-refractivity contribution in [3.05, 3.63) is 56.8 Å². The zero-order chi connectivity index (χ0) is 18.6. The number of amides is 1. The van der Waals surface area contributed by atoms with Gasteiger partial charge in [0.2, 0.25) is 5.91 Å². The third-order valence-corrected chi connectivity index (χ3v) is 4.92. The molecule has 0 aliphatic carbocycles. The number of carbonyl (C=O) groups excluding carboxylic acids is 2. The van der Waals surface area contributed by atoms with E-state index in [9.17, 15) is 14.4 Å². The van der Waals surface area contributed by atoms with Crippen molar-refractivity contribution < 1.29 is 19.5 Å². The fraction of sp³-hybridized carbons (Fsp3) is 0.316. The molecular formula is C19H21NO4S. The van der Waals surface area contributed by atoms with E-state index in [2.05, 4.69) is 0 Å². The van der Waals surface area contributed by atoms with E-state index < -0.39 is 5.97 Å². The van der Waals surface area contributed by atoms with E-state index in [1.807, 2.05) is 19.9 Å².